The molecule has 0 heterocycles. The molecule has 94 valence electrons. The van der Waals surface area contributed by atoms with Gasteiger partial charge in [0.1, 0.15) is 0 Å². The molecule has 1 unspecified atom stereocenters. The second-order valence-electron chi connectivity index (χ2n) is 6.00. The molecule has 16 heavy (non-hydrogen) atoms. The van der Waals surface area contributed by atoms with Crippen LogP contribution in [0.1, 0.15) is 64.7 Å². The number of rotatable bonds is 4. The van der Waals surface area contributed by atoms with E-state index in [9.17, 15) is 5.11 Å². The molecule has 0 aromatic heterocycles. The van der Waals surface area contributed by atoms with Crippen LogP contribution in [0.25, 0.3) is 0 Å². The third-order valence-electron chi connectivity index (χ3n) is 4.64. The SMILES string of the molecule is CC(NCC1(O)CCCC1)C1CCCCC1. The van der Waals surface area contributed by atoms with Gasteiger partial charge in [0, 0.05) is 12.6 Å². The third kappa shape index (κ3) is 3.21. The minimum absolute atomic E-state index is 0.386. The van der Waals surface area contributed by atoms with Crippen LogP contribution in [0.5, 0.6) is 0 Å². The Morgan fingerprint density at radius 2 is 1.75 bits per heavy atom. The van der Waals surface area contributed by atoms with Crippen LogP contribution in [-0.2, 0) is 0 Å². The Morgan fingerprint density at radius 3 is 2.38 bits per heavy atom. The fourth-order valence-corrected chi connectivity index (χ4v) is 3.36. The van der Waals surface area contributed by atoms with Crippen LogP contribution in [0.3, 0.4) is 0 Å². The van der Waals surface area contributed by atoms with E-state index >= 15 is 0 Å². The summed E-state index contributed by atoms with van der Waals surface area (Å²) in [5, 5.41) is 13.9. The van der Waals surface area contributed by atoms with Crippen molar-refractivity contribution in [2.24, 2.45) is 5.92 Å². The Bertz CT molecular complexity index is 205. The molecule has 2 N–H and O–H groups in total. The van der Waals surface area contributed by atoms with Gasteiger partial charge in [0.25, 0.3) is 0 Å². The van der Waals surface area contributed by atoms with Crippen LogP contribution in [0.2, 0.25) is 0 Å². The van der Waals surface area contributed by atoms with Crippen LogP contribution >= 0.6 is 0 Å². The molecule has 0 aromatic carbocycles. The summed E-state index contributed by atoms with van der Waals surface area (Å²) in [4.78, 5) is 0. The molecule has 2 saturated carbocycles. The highest BCUT2D eigenvalue weighted by molar-refractivity contribution is 4.88. The molecule has 2 fully saturated rings. The fraction of sp³-hybridized carbons (Fsp3) is 1.00. The Morgan fingerprint density at radius 1 is 1.12 bits per heavy atom. The van der Waals surface area contributed by atoms with E-state index in [2.05, 4.69) is 12.2 Å². The molecule has 0 aromatic rings. The first-order valence-corrected chi connectivity index (χ1v) is 7.15. The van der Waals surface area contributed by atoms with Gasteiger partial charge in [-0.2, -0.15) is 0 Å². The van der Waals surface area contributed by atoms with E-state index in [1.165, 1.54) is 44.9 Å². The van der Waals surface area contributed by atoms with Crippen LogP contribution in [0, 0.1) is 5.92 Å². The molecule has 0 amide bonds. The molecule has 0 spiro atoms. The first kappa shape index (κ1) is 12.4. The molecule has 0 saturated heterocycles. The Kier molecular flexibility index (Phi) is 4.26. The lowest BCUT2D eigenvalue weighted by molar-refractivity contribution is 0.0423. The Balaban J connectivity index is 1.71. The van der Waals surface area contributed by atoms with Crippen molar-refractivity contribution >= 4 is 0 Å². The summed E-state index contributed by atoms with van der Waals surface area (Å²) < 4.78 is 0. The Labute approximate surface area is 99.8 Å². The summed E-state index contributed by atoms with van der Waals surface area (Å²) in [5.74, 6) is 0.846. The second kappa shape index (κ2) is 5.50. The van der Waals surface area contributed by atoms with Crippen LogP contribution < -0.4 is 5.32 Å². The summed E-state index contributed by atoms with van der Waals surface area (Å²) in [5.41, 5.74) is -0.386. The summed E-state index contributed by atoms with van der Waals surface area (Å²) >= 11 is 0. The van der Waals surface area contributed by atoms with E-state index in [1.54, 1.807) is 0 Å². The van der Waals surface area contributed by atoms with Gasteiger partial charge >= 0.3 is 0 Å². The van der Waals surface area contributed by atoms with Crippen LogP contribution in [-0.4, -0.2) is 23.3 Å². The van der Waals surface area contributed by atoms with Crippen molar-refractivity contribution in [2.45, 2.75) is 76.4 Å². The minimum atomic E-state index is -0.386. The second-order valence-corrected chi connectivity index (χ2v) is 6.00. The first-order chi connectivity index (χ1) is 7.70. The molecule has 1 atom stereocenters. The summed E-state index contributed by atoms with van der Waals surface area (Å²) in [6, 6.07) is 0.588. The molecule has 0 bridgehead atoms. The first-order valence-electron chi connectivity index (χ1n) is 7.15. The number of hydrogen-bond donors (Lipinski definition) is 2. The van der Waals surface area contributed by atoms with Gasteiger partial charge in [-0.3, -0.25) is 0 Å². The van der Waals surface area contributed by atoms with Crippen molar-refractivity contribution in [3.8, 4) is 0 Å². The smallest absolute Gasteiger partial charge is 0.0771 e. The fourth-order valence-electron chi connectivity index (χ4n) is 3.36. The zero-order chi connectivity index (χ0) is 11.4. The molecule has 2 rings (SSSR count). The van der Waals surface area contributed by atoms with Gasteiger partial charge in [-0.25, -0.2) is 0 Å². The van der Waals surface area contributed by atoms with E-state index in [0.29, 0.717) is 6.04 Å². The van der Waals surface area contributed by atoms with Gasteiger partial charge in [0.2, 0.25) is 0 Å². The van der Waals surface area contributed by atoms with Crippen LogP contribution in [0.15, 0.2) is 0 Å². The van der Waals surface area contributed by atoms with Crippen LogP contribution in [0.4, 0.5) is 0 Å². The molecular formula is C14H27NO. The highest BCUT2D eigenvalue weighted by Crippen LogP contribution is 2.30. The highest BCUT2D eigenvalue weighted by atomic mass is 16.3. The maximum atomic E-state index is 10.3. The third-order valence-corrected chi connectivity index (χ3v) is 4.64. The van der Waals surface area contributed by atoms with Crippen molar-refractivity contribution < 1.29 is 5.11 Å². The molecule has 2 heteroatoms. The topological polar surface area (TPSA) is 32.3 Å². The lowest BCUT2D eigenvalue weighted by atomic mass is 9.84. The zero-order valence-electron chi connectivity index (χ0n) is 10.7. The lowest BCUT2D eigenvalue weighted by Crippen LogP contribution is -2.44. The normalized spacial score (nSPS) is 28.1. The predicted octanol–water partition coefficient (Wildman–Crippen LogP) is 2.85. The van der Waals surface area contributed by atoms with Gasteiger partial charge in [-0.05, 0) is 38.5 Å². The molecule has 0 radical (unpaired) electrons. The summed E-state index contributed by atoms with van der Waals surface area (Å²) in [7, 11) is 0. The van der Waals surface area contributed by atoms with Crippen molar-refractivity contribution in [1.82, 2.24) is 5.32 Å². The maximum absolute atomic E-state index is 10.3. The number of hydrogen-bond acceptors (Lipinski definition) is 2. The van der Waals surface area contributed by atoms with Crippen molar-refractivity contribution in [1.29, 1.82) is 0 Å². The van der Waals surface area contributed by atoms with Crippen molar-refractivity contribution in [3.05, 3.63) is 0 Å². The van der Waals surface area contributed by atoms with E-state index in [4.69, 9.17) is 0 Å². The molecule has 2 nitrogen and oxygen atoms in total. The van der Waals surface area contributed by atoms with Crippen molar-refractivity contribution in [3.63, 3.8) is 0 Å². The quantitative estimate of drug-likeness (QED) is 0.771. The number of aliphatic hydroxyl groups is 1. The average Bonchev–Trinajstić information content (AvgIpc) is 2.75. The predicted molar refractivity (Wildman–Crippen MR) is 67.5 cm³/mol. The standard InChI is InChI=1S/C14H27NO/c1-12(13-7-3-2-4-8-13)15-11-14(16)9-5-6-10-14/h12-13,15-16H,2-11H2,1H3. The zero-order valence-corrected chi connectivity index (χ0v) is 10.7. The van der Waals surface area contributed by atoms with Crippen molar-refractivity contribution in [2.75, 3.05) is 6.54 Å². The van der Waals surface area contributed by atoms with E-state index in [0.717, 1.165) is 25.3 Å². The van der Waals surface area contributed by atoms with Gasteiger partial charge in [-0.1, -0.05) is 32.1 Å². The van der Waals surface area contributed by atoms with E-state index in [-0.39, 0.29) is 5.60 Å². The Hall–Kier alpha value is -0.0800. The molecular weight excluding hydrogens is 198 g/mol. The largest absolute Gasteiger partial charge is 0.389 e. The molecule has 0 aliphatic heterocycles. The van der Waals surface area contributed by atoms with Gasteiger partial charge in [-0.15, -0.1) is 0 Å². The average molecular weight is 225 g/mol. The van der Waals surface area contributed by atoms with E-state index in [1.807, 2.05) is 0 Å². The number of nitrogens with one attached hydrogen (secondary N) is 1. The van der Waals surface area contributed by atoms with Gasteiger partial charge in [0.15, 0.2) is 0 Å². The monoisotopic (exact) mass is 225 g/mol. The van der Waals surface area contributed by atoms with Gasteiger partial charge < -0.3 is 10.4 Å². The highest BCUT2D eigenvalue weighted by Gasteiger charge is 2.31. The van der Waals surface area contributed by atoms with Gasteiger partial charge in [0.05, 0.1) is 5.60 Å². The summed E-state index contributed by atoms with van der Waals surface area (Å²) in [6.45, 7) is 3.11. The minimum Gasteiger partial charge on any atom is -0.389 e. The summed E-state index contributed by atoms with van der Waals surface area (Å²) in [6.07, 6.45) is 11.4. The molecule has 2 aliphatic carbocycles. The maximum Gasteiger partial charge on any atom is 0.0771 e. The molecule has 2 aliphatic rings. The lowest BCUT2D eigenvalue weighted by Gasteiger charge is -2.31. The van der Waals surface area contributed by atoms with E-state index < -0.39 is 0 Å².